The maximum atomic E-state index is 0. The van der Waals surface area contributed by atoms with Crippen LogP contribution >= 0.6 is 0 Å². The Morgan fingerprint density at radius 2 is 0.750 bits per heavy atom. The van der Waals surface area contributed by atoms with E-state index < -0.39 is 0 Å². The van der Waals surface area contributed by atoms with Crippen molar-refractivity contribution in [3.05, 3.63) is 0 Å². The van der Waals surface area contributed by atoms with Crippen molar-refractivity contribution in [2.75, 3.05) is 0 Å². The first kappa shape index (κ1) is 56.9. The zero-order valence-corrected chi connectivity index (χ0v) is 5.02. The molecule has 27 valence electrons. The summed E-state index contributed by atoms with van der Waals surface area (Å²) >= 11 is 0. The number of hydrogen-bond donors (Lipinski definition) is 0. The van der Waals surface area contributed by atoms with Crippen LogP contribution in [0.1, 0.15) is 0 Å². The third kappa shape index (κ3) is 10.2. The van der Waals surface area contributed by atoms with E-state index in [4.69, 9.17) is 0 Å². The molecule has 0 aromatic rings. The van der Waals surface area contributed by atoms with Crippen LogP contribution in [0.25, 0.3) is 0 Å². The molecule has 2 nitrogen and oxygen atoms in total. The van der Waals surface area contributed by atoms with E-state index in [0.717, 1.165) is 0 Å². The van der Waals surface area contributed by atoms with Gasteiger partial charge in [-0.3, -0.25) is 0 Å². The molecule has 0 heterocycles. The van der Waals surface area contributed by atoms with Gasteiger partial charge in [0.1, 0.15) is 0 Å². The largest absolute Gasteiger partial charge is 4.00 e. The number of hydrogen-bond acceptors (Lipinski definition) is 0. The minimum atomic E-state index is 0. The van der Waals surface area contributed by atoms with Crippen molar-refractivity contribution in [3.63, 3.8) is 0 Å². The second-order valence-electron chi connectivity index (χ2n) is 0. The van der Waals surface area contributed by atoms with Crippen LogP contribution in [0, 0.1) is 0 Å². The Morgan fingerprint density at radius 1 is 0.750 bits per heavy atom. The fourth-order valence-corrected chi connectivity index (χ4v) is 0. The summed E-state index contributed by atoms with van der Waals surface area (Å²) in [5, 5.41) is 0. The third-order valence-electron chi connectivity index (χ3n) is 0. The molecule has 0 saturated heterocycles. The van der Waals surface area contributed by atoms with Gasteiger partial charge >= 0.3 is 26.2 Å². The average Bonchev–Trinajstić information content (AvgIpc) is 0. The van der Waals surface area contributed by atoms with Gasteiger partial charge in [-0.1, -0.05) is 0 Å². The van der Waals surface area contributed by atoms with Crippen LogP contribution in [-0.2, 0) is 54.2 Å². The predicted molar refractivity (Wildman–Crippen MR) is 1.37 cm³/mol. The zero-order valence-electron chi connectivity index (χ0n) is 1.62. The molecule has 0 aliphatic rings. The summed E-state index contributed by atoms with van der Waals surface area (Å²) in [4.78, 5) is 0. The van der Waals surface area contributed by atoms with Gasteiger partial charge < -0.3 is 11.0 Å². The molecular formula is CuO2Zr. The molecule has 1 radical (unpaired) electrons. The van der Waals surface area contributed by atoms with Gasteiger partial charge in [0.25, 0.3) is 0 Å². The summed E-state index contributed by atoms with van der Waals surface area (Å²) in [6.45, 7) is 0. The molecule has 0 N–H and O–H groups in total. The zero-order chi connectivity index (χ0) is 0. The molecular weight excluding hydrogens is 187 g/mol. The Balaban J connectivity index is 0. The Labute approximate surface area is 54.2 Å². The smallest absolute Gasteiger partial charge is 2.00 e. The summed E-state index contributed by atoms with van der Waals surface area (Å²) in [5.41, 5.74) is 0. The summed E-state index contributed by atoms with van der Waals surface area (Å²) in [5.74, 6) is 0. The third-order valence-corrected chi connectivity index (χ3v) is 0. The van der Waals surface area contributed by atoms with Gasteiger partial charge in [0, 0.05) is 17.1 Å². The summed E-state index contributed by atoms with van der Waals surface area (Å²) < 4.78 is 0. The second kappa shape index (κ2) is 27.3. The molecule has 4 heavy (non-hydrogen) atoms. The minimum absolute atomic E-state index is 0. The van der Waals surface area contributed by atoms with E-state index in [1.54, 1.807) is 0 Å². The van der Waals surface area contributed by atoms with Crippen LogP contribution in [0.15, 0.2) is 0 Å². The standard InChI is InChI=1S/Cu.2O.Zr/q;2*-2;+4. The van der Waals surface area contributed by atoms with Gasteiger partial charge in [-0.2, -0.15) is 0 Å². The van der Waals surface area contributed by atoms with Crippen molar-refractivity contribution in [3.8, 4) is 0 Å². The SMILES string of the molecule is [Cu].[O-2].[O-2].[Zr+4]. The summed E-state index contributed by atoms with van der Waals surface area (Å²) in [6, 6.07) is 0. The van der Waals surface area contributed by atoms with Crippen molar-refractivity contribution in [2.45, 2.75) is 0 Å². The quantitative estimate of drug-likeness (QED) is 0.469. The van der Waals surface area contributed by atoms with Gasteiger partial charge in [-0.05, 0) is 0 Å². The molecule has 0 bridgehead atoms. The first-order valence-electron chi connectivity index (χ1n) is 0. The van der Waals surface area contributed by atoms with Gasteiger partial charge in [-0.15, -0.1) is 0 Å². The summed E-state index contributed by atoms with van der Waals surface area (Å²) in [7, 11) is 0. The molecule has 4 heteroatoms. The van der Waals surface area contributed by atoms with Crippen molar-refractivity contribution in [1.82, 2.24) is 0 Å². The van der Waals surface area contributed by atoms with Crippen LogP contribution in [0.3, 0.4) is 0 Å². The van der Waals surface area contributed by atoms with Crippen LogP contribution in [0.2, 0.25) is 0 Å². The van der Waals surface area contributed by atoms with E-state index in [0.29, 0.717) is 0 Å². The molecule has 0 amide bonds. The normalized spacial score (nSPS) is 0. The maximum absolute atomic E-state index is 0. The predicted octanol–water partition coefficient (Wildman–Crippen LogP) is -0.243. The van der Waals surface area contributed by atoms with E-state index in [-0.39, 0.29) is 54.2 Å². The molecule has 0 saturated carbocycles. The van der Waals surface area contributed by atoms with Crippen LogP contribution < -0.4 is 0 Å². The molecule has 0 aromatic carbocycles. The van der Waals surface area contributed by atoms with Gasteiger partial charge in [0.2, 0.25) is 0 Å². The minimum Gasteiger partial charge on any atom is -2.00 e. The Bertz CT molecular complexity index is 6.00. The molecule has 0 rings (SSSR count). The fraction of sp³-hybridized carbons (Fsp3) is 0. The van der Waals surface area contributed by atoms with Crippen molar-refractivity contribution in [1.29, 1.82) is 0 Å². The van der Waals surface area contributed by atoms with Gasteiger partial charge in [-0.25, -0.2) is 0 Å². The molecule has 0 unspecified atom stereocenters. The van der Waals surface area contributed by atoms with Crippen LogP contribution in [0.5, 0.6) is 0 Å². The first-order chi connectivity index (χ1) is 0. The second-order valence-corrected chi connectivity index (χ2v) is 0. The van der Waals surface area contributed by atoms with Crippen molar-refractivity contribution in [2.24, 2.45) is 0 Å². The Hall–Kier alpha value is 1.32. The molecule has 0 fully saturated rings. The van der Waals surface area contributed by atoms with E-state index in [2.05, 4.69) is 0 Å². The van der Waals surface area contributed by atoms with E-state index in [1.165, 1.54) is 0 Å². The molecule has 0 aromatic heterocycles. The van der Waals surface area contributed by atoms with E-state index in [9.17, 15) is 0 Å². The Kier molecular flexibility index (Phi) is 388. The van der Waals surface area contributed by atoms with Crippen molar-refractivity contribution >= 4 is 0 Å². The average molecular weight is 187 g/mol. The van der Waals surface area contributed by atoms with Gasteiger partial charge in [0.15, 0.2) is 0 Å². The Morgan fingerprint density at radius 3 is 0.750 bits per heavy atom. The molecule has 0 aliphatic carbocycles. The summed E-state index contributed by atoms with van der Waals surface area (Å²) in [6.07, 6.45) is 0. The van der Waals surface area contributed by atoms with Crippen molar-refractivity contribution < 1.29 is 54.2 Å². The number of rotatable bonds is 0. The van der Waals surface area contributed by atoms with Gasteiger partial charge in [0.05, 0.1) is 0 Å². The molecule has 0 spiro atoms. The molecule has 0 atom stereocenters. The maximum Gasteiger partial charge on any atom is 4.00 e. The monoisotopic (exact) mass is 185 g/mol. The first-order valence-corrected chi connectivity index (χ1v) is 0. The van der Waals surface area contributed by atoms with E-state index in [1.807, 2.05) is 0 Å². The van der Waals surface area contributed by atoms with E-state index >= 15 is 0 Å². The topological polar surface area (TPSA) is 57.0 Å². The fourth-order valence-electron chi connectivity index (χ4n) is 0. The molecule has 0 aliphatic heterocycles. The van der Waals surface area contributed by atoms with Crippen LogP contribution in [0.4, 0.5) is 0 Å². The van der Waals surface area contributed by atoms with Crippen LogP contribution in [-0.4, -0.2) is 0 Å².